The topological polar surface area (TPSA) is 46.3 Å². The minimum Gasteiger partial charge on any atom is -0.339 e. The number of amides is 1. The number of thioether (sulfide) groups is 1. The molecular formula is C9H18N2OS. The highest BCUT2D eigenvalue weighted by molar-refractivity contribution is 7.99. The van der Waals surface area contributed by atoms with Gasteiger partial charge in [0.05, 0.1) is 5.75 Å². The molecule has 2 N–H and O–H groups in total. The maximum absolute atomic E-state index is 11.6. The lowest BCUT2D eigenvalue weighted by Gasteiger charge is -2.19. The summed E-state index contributed by atoms with van der Waals surface area (Å²) in [5.41, 5.74) is 5.35. The highest BCUT2D eigenvalue weighted by Gasteiger charge is 2.30. The van der Waals surface area contributed by atoms with Crippen LogP contribution in [0.3, 0.4) is 0 Å². The molecule has 0 spiro atoms. The third-order valence-corrected chi connectivity index (χ3v) is 3.11. The van der Waals surface area contributed by atoms with Crippen LogP contribution in [0, 0.1) is 0 Å². The molecule has 0 atom stereocenters. The lowest BCUT2D eigenvalue weighted by atomic mass is 10.4. The molecule has 0 aromatic rings. The van der Waals surface area contributed by atoms with Gasteiger partial charge in [-0.25, -0.2) is 0 Å². The Bertz CT molecular complexity index is 171. The fraction of sp³-hybridized carbons (Fsp3) is 0.889. The summed E-state index contributed by atoms with van der Waals surface area (Å²) < 4.78 is 0. The van der Waals surface area contributed by atoms with Gasteiger partial charge in [0.1, 0.15) is 0 Å². The third-order valence-electron chi connectivity index (χ3n) is 2.14. The molecule has 1 fully saturated rings. The monoisotopic (exact) mass is 202 g/mol. The van der Waals surface area contributed by atoms with E-state index in [0.717, 1.165) is 12.3 Å². The van der Waals surface area contributed by atoms with Crippen molar-refractivity contribution < 1.29 is 4.79 Å². The predicted molar refractivity (Wildman–Crippen MR) is 56.8 cm³/mol. The van der Waals surface area contributed by atoms with Crippen molar-refractivity contribution in [1.29, 1.82) is 0 Å². The number of carbonyl (C=O) groups excluding carboxylic acids is 1. The summed E-state index contributed by atoms with van der Waals surface area (Å²) in [6.45, 7) is 3.56. The maximum Gasteiger partial charge on any atom is 0.232 e. The first-order valence-electron chi connectivity index (χ1n) is 4.86. The quantitative estimate of drug-likeness (QED) is 0.645. The molecule has 1 saturated carbocycles. The molecule has 1 rings (SSSR count). The Hall–Kier alpha value is -0.220. The zero-order chi connectivity index (χ0) is 9.68. The molecular weight excluding hydrogens is 184 g/mol. The van der Waals surface area contributed by atoms with Gasteiger partial charge in [-0.1, -0.05) is 0 Å². The lowest BCUT2D eigenvalue weighted by molar-refractivity contribution is -0.128. The van der Waals surface area contributed by atoms with E-state index >= 15 is 0 Å². The molecule has 0 aliphatic heterocycles. The number of hydrogen-bond donors (Lipinski definition) is 1. The zero-order valence-electron chi connectivity index (χ0n) is 8.16. The minimum atomic E-state index is 0.281. The average Bonchev–Trinajstić information content (AvgIpc) is 2.90. The largest absolute Gasteiger partial charge is 0.339 e. The first-order chi connectivity index (χ1) is 6.29. The SMILES string of the molecule is CCN(C(=O)CSCCN)C1CC1. The first kappa shape index (κ1) is 10.9. The number of rotatable bonds is 6. The van der Waals surface area contributed by atoms with E-state index < -0.39 is 0 Å². The van der Waals surface area contributed by atoms with E-state index in [2.05, 4.69) is 0 Å². The van der Waals surface area contributed by atoms with Gasteiger partial charge >= 0.3 is 0 Å². The molecule has 76 valence electrons. The van der Waals surface area contributed by atoms with Gasteiger partial charge in [-0.05, 0) is 19.8 Å². The molecule has 0 saturated heterocycles. The number of carbonyl (C=O) groups is 1. The molecule has 0 aromatic heterocycles. The summed E-state index contributed by atoms with van der Waals surface area (Å²) in [4.78, 5) is 13.6. The Balaban J connectivity index is 2.19. The summed E-state index contributed by atoms with van der Waals surface area (Å²) in [5.74, 6) is 1.76. The summed E-state index contributed by atoms with van der Waals surface area (Å²) >= 11 is 1.63. The number of hydrogen-bond acceptors (Lipinski definition) is 3. The molecule has 1 aliphatic rings. The third kappa shape index (κ3) is 3.56. The second-order valence-electron chi connectivity index (χ2n) is 3.25. The Morgan fingerprint density at radius 2 is 2.31 bits per heavy atom. The van der Waals surface area contributed by atoms with E-state index in [1.165, 1.54) is 12.8 Å². The molecule has 0 aromatic carbocycles. The van der Waals surface area contributed by atoms with Gasteiger partial charge in [-0.15, -0.1) is 0 Å². The molecule has 0 radical (unpaired) electrons. The van der Waals surface area contributed by atoms with E-state index in [1.807, 2.05) is 11.8 Å². The molecule has 0 bridgehead atoms. The first-order valence-corrected chi connectivity index (χ1v) is 6.02. The van der Waals surface area contributed by atoms with Gasteiger partial charge in [0.25, 0.3) is 0 Å². The van der Waals surface area contributed by atoms with Crippen LogP contribution in [0.4, 0.5) is 0 Å². The van der Waals surface area contributed by atoms with Crippen molar-refractivity contribution in [2.45, 2.75) is 25.8 Å². The van der Waals surface area contributed by atoms with Gasteiger partial charge in [0, 0.05) is 24.9 Å². The van der Waals surface area contributed by atoms with Crippen molar-refractivity contribution >= 4 is 17.7 Å². The Morgan fingerprint density at radius 3 is 2.77 bits per heavy atom. The molecule has 4 heteroatoms. The zero-order valence-corrected chi connectivity index (χ0v) is 8.98. The smallest absolute Gasteiger partial charge is 0.232 e. The van der Waals surface area contributed by atoms with Crippen molar-refractivity contribution in [2.24, 2.45) is 5.73 Å². The van der Waals surface area contributed by atoms with Crippen LogP contribution in [0.25, 0.3) is 0 Å². The van der Waals surface area contributed by atoms with E-state index in [4.69, 9.17) is 5.73 Å². The molecule has 1 amide bonds. The molecule has 0 unspecified atom stereocenters. The number of nitrogens with two attached hydrogens (primary N) is 1. The van der Waals surface area contributed by atoms with Crippen molar-refractivity contribution in [3.05, 3.63) is 0 Å². The average molecular weight is 202 g/mol. The summed E-state index contributed by atoms with van der Waals surface area (Å²) in [7, 11) is 0. The van der Waals surface area contributed by atoms with E-state index in [0.29, 0.717) is 18.3 Å². The Labute approximate surface area is 84.0 Å². The molecule has 1 aliphatic carbocycles. The van der Waals surface area contributed by atoms with Gasteiger partial charge in [0.15, 0.2) is 0 Å². The second-order valence-corrected chi connectivity index (χ2v) is 4.36. The molecule has 0 heterocycles. The van der Waals surface area contributed by atoms with Crippen LogP contribution in [0.2, 0.25) is 0 Å². The minimum absolute atomic E-state index is 0.281. The Morgan fingerprint density at radius 1 is 1.62 bits per heavy atom. The van der Waals surface area contributed by atoms with Crippen LogP contribution in [0.1, 0.15) is 19.8 Å². The van der Waals surface area contributed by atoms with Crippen LogP contribution >= 0.6 is 11.8 Å². The molecule has 13 heavy (non-hydrogen) atoms. The van der Waals surface area contributed by atoms with Crippen LogP contribution in [-0.2, 0) is 4.79 Å². The highest BCUT2D eigenvalue weighted by atomic mass is 32.2. The van der Waals surface area contributed by atoms with Crippen molar-refractivity contribution in [3.8, 4) is 0 Å². The normalized spacial score (nSPS) is 15.8. The van der Waals surface area contributed by atoms with E-state index in [1.54, 1.807) is 11.8 Å². The summed E-state index contributed by atoms with van der Waals surface area (Å²) in [5, 5.41) is 0. The van der Waals surface area contributed by atoms with Crippen molar-refractivity contribution in [2.75, 3.05) is 24.6 Å². The van der Waals surface area contributed by atoms with Crippen LogP contribution in [-0.4, -0.2) is 41.4 Å². The standard InChI is InChI=1S/C9H18N2OS/c1-2-11(8-3-4-8)9(12)7-13-6-5-10/h8H,2-7,10H2,1H3. The molecule has 3 nitrogen and oxygen atoms in total. The second kappa shape index (κ2) is 5.50. The van der Waals surface area contributed by atoms with Gasteiger partial charge < -0.3 is 10.6 Å². The summed E-state index contributed by atoms with van der Waals surface area (Å²) in [6.07, 6.45) is 2.39. The van der Waals surface area contributed by atoms with Gasteiger partial charge in [-0.3, -0.25) is 4.79 Å². The fourth-order valence-electron chi connectivity index (χ4n) is 1.35. The van der Waals surface area contributed by atoms with E-state index in [-0.39, 0.29) is 5.91 Å². The Kier molecular flexibility index (Phi) is 4.59. The predicted octanol–water partition coefficient (Wildman–Crippen LogP) is 0.689. The van der Waals surface area contributed by atoms with E-state index in [9.17, 15) is 4.79 Å². The van der Waals surface area contributed by atoms with Gasteiger partial charge in [-0.2, -0.15) is 11.8 Å². The maximum atomic E-state index is 11.6. The number of nitrogens with zero attached hydrogens (tertiary/aromatic N) is 1. The highest BCUT2D eigenvalue weighted by Crippen LogP contribution is 2.26. The van der Waals surface area contributed by atoms with Crippen LogP contribution in [0.15, 0.2) is 0 Å². The van der Waals surface area contributed by atoms with Crippen LogP contribution < -0.4 is 5.73 Å². The lowest BCUT2D eigenvalue weighted by Crippen LogP contribution is -2.34. The van der Waals surface area contributed by atoms with Crippen molar-refractivity contribution in [3.63, 3.8) is 0 Å². The fourth-order valence-corrected chi connectivity index (χ4v) is 2.00. The van der Waals surface area contributed by atoms with Crippen molar-refractivity contribution in [1.82, 2.24) is 4.90 Å². The summed E-state index contributed by atoms with van der Waals surface area (Å²) in [6, 6.07) is 0.552. The van der Waals surface area contributed by atoms with Gasteiger partial charge in [0.2, 0.25) is 5.91 Å². The van der Waals surface area contributed by atoms with Crippen LogP contribution in [0.5, 0.6) is 0 Å².